The number of carbonyl (C=O) groups is 1. The Hall–Kier alpha value is -1.43. The molecule has 0 amide bonds. The summed E-state index contributed by atoms with van der Waals surface area (Å²) >= 11 is 0. The van der Waals surface area contributed by atoms with Gasteiger partial charge in [0, 0.05) is 19.4 Å². The Morgan fingerprint density at radius 2 is 2.33 bits per heavy atom. The highest BCUT2D eigenvalue weighted by Crippen LogP contribution is 2.22. The normalized spacial score (nSPS) is 27.1. The second-order valence-corrected chi connectivity index (χ2v) is 5.28. The molecule has 0 bridgehead atoms. The van der Waals surface area contributed by atoms with Crippen molar-refractivity contribution in [2.24, 2.45) is 11.8 Å². The SMILES string of the molecule is O=C(O)C1CCc2nnc(CC3CCNC3)n2C1. The van der Waals surface area contributed by atoms with Gasteiger partial charge in [-0.05, 0) is 31.8 Å². The summed E-state index contributed by atoms with van der Waals surface area (Å²) in [5.74, 6) is 1.54. The van der Waals surface area contributed by atoms with Gasteiger partial charge in [0.2, 0.25) is 0 Å². The highest BCUT2D eigenvalue weighted by molar-refractivity contribution is 5.70. The Kier molecular flexibility index (Phi) is 3.03. The lowest BCUT2D eigenvalue weighted by atomic mass is 9.98. The molecule has 1 aromatic heterocycles. The number of rotatable bonds is 3. The number of aliphatic carboxylic acids is 1. The highest BCUT2D eigenvalue weighted by atomic mass is 16.4. The van der Waals surface area contributed by atoms with Crippen LogP contribution in [0.2, 0.25) is 0 Å². The fourth-order valence-electron chi connectivity index (χ4n) is 2.88. The van der Waals surface area contributed by atoms with E-state index in [1.54, 1.807) is 0 Å². The van der Waals surface area contributed by atoms with Crippen LogP contribution in [0.5, 0.6) is 0 Å². The van der Waals surface area contributed by atoms with Crippen LogP contribution in [-0.4, -0.2) is 38.9 Å². The van der Waals surface area contributed by atoms with E-state index in [1.165, 1.54) is 6.42 Å². The van der Waals surface area contributed by atoms with Crippen LogP contribution in [-0.2, 0) is 24.2 Å². The number of carboxylic acid groups (broad SMARTS) is 1. The van der Waals surface area contributed by atoms with E-state index in [9.17, 15) is 4.79 Å². The molecule has 3 heterocycles. The van der Waals surface area contributed by atoms with Crippen LogP contribution in [0, 0.1) is 11.8 Å². The molecule has 0 spiro atoms. The van der Waals surface area contributed by atoms with Gasteiger partial charge in [-0.3, -0.25) is 4.79 Å². The Morgan fingerprint density at radius 3 is 3.06 bits per heavy atom. The first-order chi connectivity index (χ1) is 8.74. The molecule has 2 unspecified atom stereocenters. The topological polar surface area (TPSA) is 80.0 Å². The van der Waals surface area contributed by atoms with Gasteiger partial charge < -0.3 is 15.0 Å². The number of hydrogen-bond acceptors (Lipinski definition) is 4. The minimum atomic E-state index is -0.706. The Bertz CT molecular complexity index is 451. The summed E-state index contributed by atoms with van der Waals surface area (Å²) in [7, 11) is 0. The van der Waals surface area contributed by atoms with Crippen LogP contribution >= 0.6 is 0 Å². The standard InChI is InChI=1S/C12H18N4O2/c17-12(18)9-1-2-10-14-15-11(16(10)7-9)5-8-3-4-13-6-8/h8-9,13H,1-7H2,(H,17,18). The van der Waals surface area contributed by atoms with E-state index in [4.69, 9.17) is 5.11 Å². The van der Waals surface area contributed by atoms with E-state index >= 15 is 0 Å². The number of carboxylic acids is 1. The molecule has 3 rings (SSSR count). The van der Waals surface area contributed by atoms with E-state index in [0.717, 1.165) is 37.6 Å². The fraction of sp³-hybridized carbons (Fsp3) is 0.750. The average molecular weight is 250 g/mol. The smallest absolute Gasteiger partial charge is 0.308 e. The zero-order valence-electron chi connectivity index (χ0n) is 10.3. The maximum absolute atomic E-state index is 11.1. The van der Waals surface area contributed by atoms with Crippen molar-refractivity contribution < 1.29 is 9.90 Å². The predicted octanol–water partition coefficient (Wildman–Crippen LogP) is 0.0771. The van der Waals surface area contributed by atoms with Gasteiger partial charge in [-0.1, -0.05) is 0 Å². The van der Waals surface area contributed by atoms with Crippen molar-refractivity contribution >= 4 is 5.97 Å². The van der Waals surface area contributed by atoms with Crippen molar-refractivity contribution in [1.82, 2.24) is 20.1 Å². The molecule has 98 valence electrons. The van der Waals surface area contributed by atoms with Crippen LogP contribution in [0.3, 0.4) is 0 Å². The third-order valence-electron chi connectivity index (χ3n) is 4.01. The molecule has 1 saturated heterocycles. The quantitative estimate of drug-likeness (QED) is 0.794. The maximum atomic E-state index is 11.1. The Morgan fingerprint density at radius 1 is 1.44 bits per heavy atom. The molecule has 6 nitrogen and oxygen atoms in total. The molecule has 2 atom stereocenters. The molecule has 6 heteroatoms. The fourth-order valence-corrected chi connectivity index (χ4v) is 2.88. The second-order valence-electron chi connectivity index (χ2n) is 5.28. The summed E-state index contributed by atoms with van der Waals surface area (Å²) in [5, 5.41) is 20.9. The summed E-state index contributed by atoms with van der Waals surface area (Å²) in [6.45, 7) is 2.64. The molecule has 18 heavy (non-hydrogen) atoms. The van der Waals surface area contributed by atoms with E-state index in [0.29, 0.717) is 18.9 Å². The number of hydrogen-bond donors (Lipinski definition) is 2. The first kappa shape index (κ1) is 11.6. The number of aryl methyl sites for hydroxylation is 1. The molecule has 2 aliphatic heterocycles. The first-order valence-corrected chi connectivity index (χ1v) is 6.58. The molecule has 1 aromatic rings. The van der Waals surface area contributed by atoms with Gasteiger partial charge in [0.05, 0.1) is 5.92 Å². The monoisotopic (exact) mass is 250 g/mol. The molecule has 1 fully saturated rings. The van der Waals surface area contributed by atoms with Crippen LogP contribution < -0.4 is 5.32 Å². The van der Waals surface area contributed by atoms with Gasteiger partial charge in [-0.15, -0.1) is 10.2 Å². The first-order valence-electron chi connectivity index (χ1n) is 6.58. The molecule has 0 aromatic carbocycles. The summed E-state index contributed by atoms with van der Waals surface area (Å²) in [6.07, 6.45) is 3.49. The average Bonchev–Trinajstić information content (AvgIpc) is 2.99. The van der Waals surface area contributed by atoms with Gasteiger partial charge in [0.25, 0.3) is 0 Å². The third kappa shape index (κ3) is 2.12. The van der Waals surface area contributed by atoms with Gasteiger partial charge >= 0.3 is 5.97 Å². The van der Waals surface area contributed by atoms with Crippen molar-refractivity contribution in [2.75, 3.05) is 13.1 Å². The number of nitrogens with one attached hydrogen (secondary N) is 1. The highest BCUT2D eigenvalue weighted by Gasteiger charge is 2.28. The van der Waals surface area contributed by atoms with Gasteiger partial charge in [0.15, 0.2) is 0 Å². The summed E-state index contributed by atoms with van der Waals surface area (Å²) in [4.78, 5) is 11.1. The molecular weight excluding hydrogens is 232 g/mol. The molecule has 2 N–H and O–H groups in total. The van der Waals surface area contributed by atoms with Crippen molar-refractivity contribution in [3.8, 4) is 0 Å². The van der Waals surface area contributed by atoms with Crippen LogP contribution in [0.25, 0.3) is 0 Å². The minimum Gasteiger partial charge on any atom is -0.481 e. The zero-order valence-corrected chi connectivity index (χ0v) is 10.3. The summed E-state index contributed by atoms with van der Waals surface area (Å²) in [6, 6.07) is 0. The van der Waals surface area contributed by atoms with E-state index in [1.807, 2.05) is 4.57 Å². The predicted molar refractivity (Wildman–Crippen MR) is 64.1 cm³/mol. The Labute approximate surface area is 105 Å². The van der Waals surface area contributed by atoms with E-state index < -0.39 is 5.97 Å². The van der Waals surface area contributed by atoms with Gasteiger partial charge in [-0.25, -0.2) is 0 Å². The maximum Gasteiger partial charge on any atom is 0.308 e. The molecule has 0 saturated carbocycles. The van der Waals surface area contributed by atoms with Crippen LogP contribution in [0.1, 0.15) is 24.5 Å². The number of aromatic nitrogens is 3. The van der Waals surface area contributed by atoms with Gasteiger partial charge in [-0.2, -0.15) is 0 Å². The summed E-state index contributed by atoms with van der Waals surface area (Å²) in [5.41, 5.74) is 0. The lowest BCUT2D eigenvalue weighted by molar-refractivity contribution is -0.142. The Balaban J connectivity index is 1.76. The van der Waals surface area contributed by atoms with E-state index in [2.05, 4.69) is 15.5 Å². The molecule has 0 radical (unpaired) electrons. The van der Waals surface area contributed by atoms with E-state index in [-0.39, 0.29) is 5.92 Å². The number of fused-ring (bicyclic) bond motifs is 1. The van der Waals surface area contributed by atoms with Crippen molar-refractivity contribution in [1.29, 1.82) is 0 Å². The van der Waals surface area contributed by atoms with Crippen LogP contribution in [0.15, 0.2) is 0 Å². The molecule has 2 aliphatic rings. The second kappa shape index (κ2) is 4.68. The van der Waals surface area contributed by atoms with Gasteiger partial charge in [0.1, 0.15) is 11.6 Å². The van der Waals surface area contributed by atoms with Crippen LogP contribution in [0.4, 0.5) is 0 Å². The van der Waals surface area contributed by atoms with Crippen molar-refractivity contribution in [3.63, 3.8) is 0 Å². The number of nitrogens with zero attached hydrogens (tertiary/aromatic N) is 3. The summed E-state index contributed by atoms with van der Waals surface area (Å²) < 4.78 is 2.03. The molecular formula is C12H18N4O2. The lowest BCUT2D eigenvalue weighted by Gasteiger charge is -2.21. The third-order valence-corrected chi connectivity index (χ3v) is 4.01. The molecule has 0 aliphatic carbocycles. The minimum absolute atomic E-state index is 0.283. The largest absolute Gasteiger partial charge is 0.481 e. The van der Waals surface area contributed by atoms with Crippen molar-refractivity contribution in [3.05, 3.63) is 11.6 Å². The lowest BCUT2D eigenvalue weighted by Crippen LogP contribution is -2.28. The zero-order chi connectivity index (χ0) is 12.5. The van der Waals surface area contributed by atoms with Crippen molar-refractivity contribution in [2.45, 2.75) is 32.2 Å².